The van der Waals surface area contributed by atoms with Crippen LogP contribution in [0.3, 0.4) is 0 Å². The van der Waals surface area contributed by atoms with Crippen molar-refractivity contribution < 1.29 is 18.8 Å². The van der Waals surface area contributed by atoms with Gasteiger partial charge >= 0.3 is 0 Å². The molecule has 27 heavy (non-hydrogen) atoms. The molecule has 1 aromatic carbocycles. The van der Waals surface area contributed by atoms with Crippen molar-refractivity contribution in [2.75, 3.05) is 34.0 Å². The second-order valence-electron chi connectivity index (χ2n) is 6.63. The van der Waals surface area contributed by atoms with Crippen LogP contribution in [-0.4, -0.2) is 54.9 Å². The summed E-state index contributed by atoms with van der Waals surface area (Å²) in [6, 6.07) is 7.30. The molecule has 8 nitrogen and oxygen atoms in total. The van der Waals surface area contributed by atoms with Crippen LogP contribution in [0.4, 0.5) is 0 Å². The fourth-order valence-corrected chi connectivity index (χ4v) is 2.97. The Kier molecular flexibility index (Phi) is 4.41. The zero-order valence-electron chi connectivity index (χ0n) is 15.4. The lowest BCUT2D eigenvalue weighted by atomic mass is 10.0. The maximum atomic E-state index is 12.8. The second-order valence-corrected chi connectivity index (χ2v) is 6.63. The second kappa shape index (κ2) is 6.88. The minimum Gasteiger partial charge on any atom is -0.454 e. The number of hydrogen-bond acceptors (Lipinski definition) is 7. The van der Waals surface area contributed by atoms with E-state index in [0.29, 0.717) is 46.1 Å². The van der Waals surface area contributed by atoms with Gasteiger partial charge < -0.3 is 24.2 Å². The maximum Gasteiger partial charge on any atom is 0.259 e. The highest BCUT2D eigenvalue weighted by Gasteiger charge is 2.20. The molecule has 2 aromatic heterocycles. The van der Waals surface area contributed by atoms with Crippen LogP contribution in [0, 0.1) is 6.92 Å². The van der Waals surface area contributed by atoms with Crippen LogP contribution >= 0.6 is 0 Å². The van der Waals surface area contributed by atoms with E-state index in [4.69, 9.17) is 14.0 Å². The average molecular weight is 368 g/mol. The Morgan fingerprint density at radius 2 is 2.04 bits per heavy atom. The van der Waals surface area contributed by atoms with Crippen molar-refractivity contribution >= 4 is 17.0 Å². The third-order valence-corrected chi connectivity index (χ3v) is 4.37. The minimum atomic E-state index is -0.183. The molecular weight excluding hydrogens is 348 g/mol. The van der Waals surface area contributed by atoms with E-state index in [1.54, 1.807) is 13.0 Å². The summed E-state index contributed by atoms with van der Waals surface area (Å²) in [6.45, 7) is 3.29. The van der Waals surface area contributed by atoms with Gasteiger partial charge in [0.15, 0.2) is 11.5 Å². The number of aromatic nitrogens is 2. The summed E-state index contributed by atoms with van der Waals surface area (Å²) < 4.78 is 16.1. The van der Waals surface area contributed by atoms with E-state index in [9.17, 15) is 4.79 Å². The fraction of sp³-hybridized carbons (Fsp3) is 0.316. The monoisotopic (exact) mass is 368 g/mol. The van der Waals surface area contributed by atoms with Gasteiger partial charge in [-0.05, 0) is 45.3 Å². The van der Waals surface area contributed by atoms with Gasteiger partial charge in [-0.3, -0.25) is 4.79 Å². The highest BCUT2D eigenvalue weighted by Crippen LogP contribution is 2.36. The summed E-state index contributed by atoms with van der Waals surface area (Å²) in [7, 11) is 3.91. The van der Waals surface area contributed by atoms with Crippen molar-refractivity contribution in [1.29, 1.82) is 0 Å². The Bertz CT molecular complexity index is 1010. The molecular formula is C19H20N4O4. The van der Waals surface area contributed by atoms with Crippen LogP contribution in [-0.2, 0) is 0 Å². The quantitative estimate of drug-likeness (QED) is 0.738. The number of carbonyl (C=O) groups excluding carboxylic acids is 1. The predicted molar refractivity (Wildman–Crippen MR) is 99.0 cm³/mol. The number of rotatable bonds is 5. The predicted octanol–water partition coefficient (Wildman–Crippen LogP) is 2.22. The third kappa shape index (κ3) is 3.31. The Balaban J connectivity index is 1.74. The molecule has 0 radical (unpaired) electrons. The summed E-state index contributed by atoms with van der Waals surface area (Å²) >= 11 is 0. The first-order chi connectivity index (χ1) is 13.0. The van der Waals surface area contributed by atoms with Crippen LogP contribution in [0.1, 0.15) is 16.1 Å². The molecule has 0 fully saturated rings. The molecule has 0 bridgehead atoms. The number of pyridine rings is 1. The van der Waals surface area contributed by atoms with Gasteiger partial charge in [-0.2, -0.15) is 0 Å². The van der Waals surface area contributed by atoms with Crippen molar-refractivity contribution in [3.05, 3.63) is 35.5 Å². The van der Waals surface area contributed by atoms with E-state index < -0.39 is 0 Å². The Hall–Kier alpha value is -3.13. The van der Waals surface area contributed by atoms with E-state index in [1.165, 1.54) is 0 Å². The van der Waals surface area contributed by atoms with Crippen LogP contribution in [0.25, 0.3) is 22.4 Å². The number of hydrogen-bond donors (Lipinski definition) is 1. The Labute approximate surface area is 156 Å². The van der Waals surface area contributed by atoms with Crippen LogP contribution in [0.15, 0.2) is 28.8 Å². The number of carbonyl (C=O) groups is 1. The fourth-order valence-electron chi connectivity index (χ4n) is 2.97. The zero-order valence-corrected chi connectivity index (χ0v) is 15.4. The summed E-state index contributed by atoms with van der Waals surface area (Å²) in [4.78, 5) is 19.3. The molecule has 3 aromatic rings. The van der Waals surface area contributed by atoms with Crippen molar-refractivity contribution in [2.45, 2.75) is 6.92 Å². The van der Waals surface area contributed by atoms with E-state index in [0.717, 1.165) is 12.1 Å². The van der Waals surface area contributed by atoms with Crippen molar-refractivity contribution in [3.8, 4) is 22.8 Å². The SMILES string of the molecule is Cc1noc2nc(-c3ccc4c(c3)OCO4)cc(C(=O)NCCN(C)C)c12. The van der Waals surface area contributed by atoms with E-state index in [-0.39, 0.29) is 12.7 Å². The number of aryl methyl sites for hydroxylation is 1. The number of benzene rings is 1. The molecule has 1 aliphatic heterocycles. The number of nitrogens with zero attached hydrogens (tertiary/aromatic N) is 3. The lowest BCUT2D eigenvalue weighted by molar-refractivity contribution is 0.0952. The van der Waals surface area contributed by atoms with Gasteiger partial charge in [0.05, 0.1) is 22.3 Å². The topological polar surface area (TPSA) is 89.7 Å². The van der Waals surface area contributed by atoms with E-state index in [1.807, 2.05) is 37.2 Å². The first-order valence-electron chi connectivity index (χ1n) is 8.63. The maximum absolute atomic E-state index is 12.8. The summed E-state index contributed by atoms with van der Waals surface area (Å²) in [5, 5.41) is 7.53. The third-order valence-electron chi connectivity index (χ3n) is 4.37. The van der Waals surface area contributed by atoms with Crippen LogP contribution < -0.4 is 14.8 Å². The van der Waals surface area contributed by atoms with Gasteiger partial charge in [0.25, 0.3) is 11.6 Å². The van der Waals surface area contributed by atoms with Gasteiger partial charge in [0.2, 0.25) is 6.79 Å². The molecule has 1 amide bonds. The van der Waals surface area contributed by atoms with Crippen LogP contribution in [0.2, 0.25) is 0 Å². The van der Waals surface area contributed by atoms with Crippen molar-refractivity contribution in [3.63, 3.8) is 0 Å². The van der Waals surface area contributed by atoms with E-state index >= 15 is 0 Å². The molecule has 1 N–H and O–H groups in total. The van der Waals surface area contributed by atoms with Gasteiger partial charge in [-0.1, -0.05) is 5.16 Å². The largest absolute Gasteiger partial charge is 0.454 e. The molecule has 3 heterocycles. The van der Waals surface area contributed by atoms with Crippen LogP contribution in [0.5, 0.6) is 11.5 Å². The smallest absolute Gasteiger partial charge is 0.259 e. The lowest BCUT2D eigenvalue weighted by Gasteiger charge is -2.11. The summed E-state index contributed by atoms with van der Waals surface area (Å²) in [6.07, 6.45) is 0. The molecule has 0 saturated heterocycles. The summed E-state index contributed by atoms with van der Waals surface area (Å²) in [5.74, 6) is 1.16. The Morgan fingerprint density at radius 3 is 2.85 bits per heavy atom. The van der Waals surface area contributed by atoms with Gasteiger partial charge in [0, 0.05) is 18.7 Å². The first kappa shape index (κ1) is 17.3. The number of nitrogens with one attached hydrogen (secondary N) is 1. The number of ether oxygens (including phenoxy) is 2. The Morgan fingerprint density at radius 1 is 1.22 bits per heavy atom. The van der Waals surface area contributed by atoms with Crippen molar-refractivity contribution in [2.24, 2.45) is 0 Å². The number of fused-ring (bicyclic) bond motifs is 2. The normalized spacial score (nSPS) is 12.7. The zero-order chi connectivity index (χ0) is 19.0. The molecule has 4 rings (SSSR count). The van der Waals surface area contributed by atoms with Gasteiger partial charge in [0.1, 0.15) is 0 Å². The van der Waals surface area contributed by atoms with Crippen molar-refractivity contribution in [1.82, 2.24) is 20.4 Å². The number of likely N-dealkylation sites (N-methyl/N-ethyl adjacent to an activating group) is 1. The molecule has 0 atom stereocenters. The number of amides is 1. The molecule has 0 unspecified atom stereocenters. The molecule has 0 aliphatic carbocycles. The van der Waals surface area contributed by atoms with Gasteiger partial charge in [-0.25, -0.2) is 4.98 Å². The molecule has 1 aliphatic rings. The molecule has 140 valence electrons. The minimum absolute atomic E-state index is 0.183. The highest BCUT2D eigenvalue weighted by molar-refractivity contribution is 6.07. The summed E-state index contributed by atoms with van der Waals surface area (Å²) in [5.41, 5.74) is 2.87. The molecule has 8 heteroatoms. The average Bonchev–Trinajstić information content (AvgIpc) is 3.26. The van der Waals surface area contributed by atoms with E-state index in [2.05, 4.69) is 15.5 Å². The van der Waals surface area contributed by atoms with Gasteiger partial charge in [-0.15, -0.1) is 0 Å². The lowest BCUT2D eigenvalue weighted by Crippen LogP contribution is -2.31. The first-order valence-corrected chi connectivity index (χ1v) is 8.63. The highest BCUT2D eigenvalue weighted by atomic mass is 16.7. The molecule has 0 saturated carbocycles. The standard InChI is InChI=1S/C19H20N4O4/c1-11-17-13(18(24)20-6-7-23(2)3)9-14(21-19(17)27-22-11)12-4-5-15-16(8-12)26-10-25-15/h4-5,8-9H,6-7,10H2,1-3H3,(H,20,24). The molecule has 0 spiro atoms.